The molecule has 0 radical (unpaired) electrons. The SMILES string of the molecule is COCc1c(C(=O)Nc2cccc(C)c2)nnn1-c1ccccc1. The van der Waals surface area contributed by atoms with E-state index in [1.165, 1.54) is 0 Å². The number of nitrogens with one attached hydrogen (secondary N) is 1. The van der Waals surface area contributed by atoms with Gasteiger partial charge in [0.1, 0.15) is 5.69 Å². The third-order valence-electron chi connectivity index (χ3n) is 3.54. The summed E-state index contributed by atoms with van der Waals surface area (Å²) in [6, 6.07) is 17.1. The fourth-order valence-corrected chi connectivity index (χ4v) is 2.43. The first-order valence-electron chi connectivity index (χ1n) is 7.56. The molecule has 0 fully saturated rings. The summed E-state index contributed by atoms with van der Waals surface area (Å²) < 4.78 is 6.85. The molecule has 0 aliphatic rings. The van der Waals surface area contributed by atoms with Crippen molar-refractivity contribution in [3.8, 4) is 5.69 Å². The van der Waals surface area contributed by atoms with Gasteiger partial charge >= 0.3 is 0 Å². The van der Waals surface area contributed by atoms with Gasteiger partial charge in [-0.15, -0.1) is 5.10 Å². The molecule has 1 N–H and O–H groups in total. The van der Waals surface area contributed by atoms with Crippen molar-refractivity contribution in [3.63, 3.8) is 0 Å². The molecule has 2 aromatic carbocycles. The number of methoxy groups -OCH3 is 1. The maximum Gasteiger partial charge on any atom is 0.278 e. The Morgan fingerprint density at radius 1 is 1.17 bits per heavy atom. The van der Waals surface area contributed by atoms with E-state index in [9.17, 15) is 4.79 Å². The molecular weight excluding hydrogens is 304 g/mol. The Morgan fingerprint density at radius 2 is 1.96 bits per heavy atom. The van der Waals surface area contributed by atoms with Crippen molar-refractivity contribution in [2.24, 2.45) is 0 Å². The highest BCUT2D eigenvalue weighted by atomic mass is 16.5. The maximum atomic E-state index is 12.6. The minimum Gasteiger partial charge on any atom is -0.378 e. The van der Waals surface area contributed by atoms with Gasteiger partial charge in [0.05, 0.1) is 12.3 Å². The molecule has 3 rings (SSSR count). The van der Waals surface area contributed by atoms with Crippen molar-refractivity contribution in [1.82, 2.24) is 15.0 Å². The van der Waals surface area contributed by atoms with E-state index >= 15 is 0 Å². The second-order valence-corrected chi connectivity index (χ2v) is 5.39. The summed E-state index contributed by atoms with van der Waals surface area (Å²) in [5.74, 6) is -0.310. The first kappa shape index (κ1) is 15.9. The normalized spacial score (nSPS) is 10.6. The summed E-state index contributed by atoms with van der Waals surface area (Å²) in [7, 11) is 1.57. The first-order valence-corrected chi connectivity index (χ1v) is 7.56. The quantitative estimate of drug-likeness (QED) is 0.784. The summed E-state index contributed by atoms with van der Waals surface area (Å²) in [6.45, 7) is 2.20. The number of rotatable bonds is 5. The Labute approximate surface area is 140 Å². The molecule has 0 atom stereocenters. The number of benzene rings is 2. The lowest BCUT2D eigenvalue weighted by molar-refractivity contribution is 0.101. The number of carbonyl (C=O) groups excluding carboxylic acids is 1. The number of amides is 1. The average molecular weight is 322 g/mol. The fraction of sp³-hybridized carbons (Fsp3) is 0.167. The van der Waals surface area contributed by atoms with Gasteiger partial charge in [0.25, 0.3) is 5.91 Å². The molecule has 6 heteroatoms. The van der Waals surface area contributed by atoms with Gasteiger partial charge in [-0.3, -0.25) is 4.79 Å². The van der Waals surface area contributed by atoms with Gasteiger partial charge in [0.2, 0.25) is 0 Å². The van der Waals surface area contributed by atoms with Crippen LogP contribution in [0.4, 0.5) is 5.69 Å². The number of hydrogen-bond acceptors (Lipinski definition) is 4. The molecule has 1 heterocycles. The summed E-state index contributed by atoms with van der Waals surface area (Å²) in [5, 5.41) is 11.0. The van der Waals surface area contributed by atoms with Gasteiger partial charge in [0.15, 0.2) is 5.69 Å². The van der Waals surface area contributed by atoms with Gasteiger partial charge < -0.3 is 10.1 Å². The number of anilines is 1. The van der Waals surface area contributed by atoms with Crippen LogP contribution in [0, 0.1) is 6.92 Å². The summed E-state index contributed by atoms with van der Waals surface area (Å²) in [5.41, 5.74) is 3.47. The number of ether oxygens (including phenoxy) is 1. The van der Waals surface area contributed by atoms with Crippen LogP contribution in [0.3, 0.4) is 0 Å². The van der Waals surface area contributed by atoms with E-state index in [2.05, 4.69) is 15.6 Å². The zero-order valence-corrected chi connectivity index (χ0v) is 13.6. The standard InChI is InChI=1S/C18H18N4O2/c1-13-7-6-8-14(11-13)19-18(23)17-16(12-24-2)22(21-20-17)15-9-4-3-5-10-15/h3-11H,12H2,1-2H3,(H,19,23). The first-order chi connectivity index (χ1) is 11.7. The highest BCUT2D eigenvalue weighted by Gasteiger charge is 2.20. The molecule has 24 heavy (non-hydrogen) atoms. The maximum absolute atomic E-state index is 12.6. The molecule has 0 aliphatic heterocycles. The van der Waals surface area contributed by atoms with Crippen molar-refractivity contribution in [2.75, 3.05) is 12.4 Å². The highest BCUT2D eigenvalue weighted by molar-refractivity contribution is 6.03. The lowest BCUT2D eigenvalue weighted by atomic mass is 10.2. The van der Waals surface area contributed by atoms with Crippen LogP contribution >= 0.6 is 0 Å². The number of aryl methyl sites for hydroxylation is 1. The molecule has 1 aromatic heterocycles. The van der Waals surface area contributed by atoms with Crippen LogP contribution in [0.25, 0.3) is 5.69 Å². The lowest BCUT2D eigenvalue weighted by Crippen LogP contribution is -2.16. The van der Waals surface area contributed by atoms with Crippen molar-refractivity contribution in [2.45, 2.75) is 13.5 Å². The van der Waals surface area contributed by atoms with Crippen LogP contribution < -0.4 is 5.32 Å². The van der Waals surface area contributed by atoms with Gasteiger partial charge in [-0.1, -0.05) is 35.5 Å². The van der Waals surface area contributed by atoms with Gasteiger partial charge in [-0.05, 0) is 36.8 Å². The lowest BCUT2D eigenvalue weighted by Gasteiger charge is -2.08. The zero-order chi connectivity index (χ0) is 16.9. The zero-order valence-electron chi connectivity index (χ0n) is 13.6. The Bertz CT molecular complexity index is 843. The predicted octanol–water partition coefficient (Wildman–Crippen LogP) is 2.97. The van der Waals surface area contributed by atoms with Crippen molar-refractivity contribution < 1.29 is 9.53 Å². The Morgan fingerprint density at radius 3 is 2.67 bits per heavy atom. The van der Waals surface area contributed by atoms with E-state index in [0.717, 1.165) is 16.9 Å². The molecule has 122 valence electrons. The van der Waals surface area contributed by atoms with Crippen LogP contribution in [-0.4, -0.2) is 28.0 Å². The molecule has 0 bridgehead atoms. The van der Waals surface area contributed by atoms with Crippen LogP contribution in [0.5, 0.6) is 0 Å². The van der Waals surface area contributed by atoms with Crippen LogP contribution in [-0.2, 0) is 11.3 Å². The van der Waals surface area contributed by atoms with E-state index in [1.54, 1.807) is 11.8 Å². The molecular formula is C18H18N4O2. The summed E-state index contributed by atoms with van der Waals surface area (Å²) >= 11 is 0. The van der Waals surface area contributed by atoms with Gasteiger partial charge in [-0.25, -0.2) is 4.68 Å². The number of para-hydroxylation sites is 1. The molecule has 6 nitrogen and oxygen atoms in total. The molecule has 0 saturated carbocycles. The van der Waals surface area contributed by atoms with E-state index in [4.69, 9.17) is 4.74 Å². The molecule has 0 aliphatic carbocycles. The fourth-order valence-electron chi connectivity index (χ4n) is 2.43. The van der Waals surface area contributed by atoms with E-state index in [1.807, 2.05) is 61.5 Å². The van der Waals surface area contributed by atoms with Crippen molar-refractivity contribution in [1.29, 1.82) is 0 Å². The number of hydrogen-bond donors (Lipinski definition) is 1. The Hall–Kier alpha value is -2.99. The average Bonchev–Trinajstić information content (AvgIpc) is 3.00. The summed E-state index contributed by atoms with van der Waals surface area (Å²) in [4.78, 5) is 12.6. The van der Waals surface area contributed by atoms with E-state index in [-0.39, 0.29) is 18.2 Å². The highest BCUT2D eigenvalue weighted by Crippen LogP contribution is 2.16. The number of carbonyl (C=O) groups is 1. The van der Waals surface area contributed by atoms with Crippen LogP contribution in [0.1, 0.15) is 21.7 Å². The van der Waals surface area contributed by atoms with Crippen LogP contribution in [0.15, 0.2) is 54.6 Å². The Kier molecular flexibility index (Phi) is 4.67. The number of nitrogens with zero attached hydrogens (tertiary/aromatic N) is 3. The van der Waals surface area contributed by atoms with Crippen LogP contribution in [0.2, 0.25) is 0 Å². The Balaban J connectivity index is 1.93. The largest absolute Gasteiger partial charge is 0.378 e. The summed E-state index contributed by atoms with van der Waals surface area (Å²) in [6.07, 6.45) is 0. The molecule has 3 aromatic rings. The number of aromatic nitrogens is 3. The van der Waals surface area contributed by atoms with Crippen molar-refractivity contribution >= 4 is 11.6 Å². The second kappa shape index (κ2) is 7.06. The van der Waals surface area contributed by atoms with Crippen molar-refractivity contribution in [3.05, 3.63) is 71.5 Å². The van der Waals surface area contributed by atoms with Gasteiger partial charge in [0, 0.05) is 12.8 Å². The topological polar surface area (TPSA) is 69.0 Å². The molecule has 1 amide bonds. The second-order valence-electron chi connectivity index (χ2n) is 5.39. The molecule has 0 spiro atoms. The van der Waals surface area contributed by atoms with Gasteiger partial charge in [-0.2, -0.15) is 0 Å². The third kappa shape index (κ3) is 3.33. The third-order valence-corrected chi connectivity index (χ3v) is 3.54. The molecule has 0 unspecified atom stereocenters. The predicted molar refractivity (Wildman–Crippen MR) is 91.2 cm³/mol. The minimum atomic E-state index is -0.310. The molecule has 0 saturated heterocycles. The van der Waals surface area contributed by atoms with E-state index < -0.39 is 0 Å². The smallest absolute Gasteiger partial charge is 0.278 e. The minimum absolute atomic E-state index is 0.235. The van der Waals surface area contributed by atoms with E-state index in [0.29, 0.717) is 5.69 Å². The monoisotopic (exact) mass is 322 g/mol.